The van der Waals surface area contributed by atoms with Gasteiger partial charge in [0.05, 0.1) is 6.20 Å². The first-order chi connectivity index (χ1) is 8.66. The molecule has 0 saturated carbocycles. The molecule has 0 amide bonds. The van der Waals surface area contributed by atoms with Crippen LogP contribution in [0.3, 0.4) is 0 Å². The maximum atomic E-state index is 13.8. The quantitative estimate of drug-likeness (QED) is 0.678. The van der Waals surface area contributed by atoms with Crippen LogP contribution in [0.4, 0.5) is 4.39 Å². The molecule has 0 radical (unpaired) electrons. The zero-order valence-electron chi connectivity index (χ0n) is 9.54. The Morgan fingerprint density at radius 2 is 2.17 bits per heavy atom. The number of H-pyrrole nitrogens is 1. The van der Waals surface area contributed by atoms with Gasteiger partial charge >= 0.3 is 0 Å². The minimum Gasteiger partial charge on any atom is -0.360 e. The SMILES string of the molecule is Cc1cccc2c(-c3nc(Cl)ncc3F)c[nH]c12. The van der Waals surface area contributed by atoms with Gasteiger partial charge in [0.2, 0.25) is 5.28 Å². The van der Waals surface area contributed by atoms with Gasteiger partial charge in [0.15, 0.2) is 5.82 Å². The Morgan fingerprint density at radius 3 is 3.00 bits per heavy atom. The number of aromatic amines is 1. The summed E-state index contributed by atoms with van der Waals surface area (Å²) in [4.78, 5) is 10.7. The number of nitrogens with one attached hydrogen (secondary N) is 1. The van der Waals surface area contributed by atoms with E-state index in [2.05, 4.69) is 15.0 Å². The van der Waals surface area contributed by atoms with Gasteiger partial charge in [-0.05, 0) is 24.1 Å². The highest BCUT2D eigenvalue weighted by Gasteiger charge is 2.13. The van der Waals surface area contributed by atoms with Crippen LogP contribution >= 0.6 is 11.6 Å². The van der Waals surface area contributed by atoms with Crippen LogP contribution in [0.25, 0.3) is 22.2 Å². The number of hydrogen-bond donors (Lipinski definition) is 1. The van der Waals surface area contributed by atoms with Crippen LogP contribution in [-0.4, -0.2) is 15.0 Å². The third-order valence-corrected chi connectivity index (χ3v) is 3.08. The number of halogens is 2. The minimum atomic E-state index is -0.484. The summed E-state index contributed by atoms with van der Waals surface area (Å²) in [5.74, 6) is -0.484. The molecule has 3 nitrogen and oxygen atoms in total. The van der Waals surface area contributed by atoms with Crippen molar-refractivity contribution >= 4 is 22.5 Å². The molecule has 2 aromatic heterocycles. The molecular weight excluding hydrogens is 253 g/mol. The van der Waals surface area contributed by atoms with Gasteiger partial charge in [-0.2, -0.15) is 0 Å². The Labute approximate surface area is 108 Å². The lowest BCUT2D eigenvalue weighted by Crippen LogP contribution is -1.91. The smallest absolute Gasteiger partial charge is 0.223 e. The van der Waals surface area contributed by atoms with E-state index in [0.717, 1.165) is 22.7 Å². The van der Waals surface area contributed by atoms with Crippen molar-refractivity contribution in [2.45, 2.75) is 6.92 Å². The average Bonchev–Trinajstić information content (AvgIpc) is 2.77. The van der Waals surface area contributed by atoms with Gasteiger partial charge in [-0.15, -0.1) is 0 Å². The third kappa shape index (κ3) is 1.66. The fourth-order valence-corrected chi connectivity index (χ4v) is 2.17. The van der Waals surface area contributed by atoms with Crippen molar-refractivity contribution in [3.63, 3.8) is 0 Å². The fourth-order valence-electron chi connectivity index (χ4n) is 2.04. The van der Waals surface area contributed by atoms with Crippen LogP contribution in [0.5, 0.6) is 0 Å². The van der Waals surface area contributed by atoms with Crippen molar-refractivity contribution in [2.75, 3.05) is 0 Å². The van der Waals surface area contributed by atoms with Crippen molar-refractivity contribution < 1.29 is 4.39 Å². The molecular formula is C13H9ClFN3. The molecule has 0 aliphatic rings. The number of nitrogens with zero attached hydrogens (tertiary/aromatic N) is 2. The molecule has 1 aromatic carbocycles. The van der Waals surface area contributed by atoms with E-state index < -0.39 is 5.82 Å². The van der Waals surface area contributed by atoms with E-state index in [1.807, 2.05) is 25.1 Å². The van der Waals surface area contributed by atoms with Gasteiger partial charge in [-0.25, -0.2) is 14.4 Å². The fraction of sp³-hybridized carbons (Fsp3) is 0.0769. The summed E-state index contributed by atoms with van der Waals surface area (Å²) in [5.41, 5.74) is 2.98. The lowest BCUT2D eigenvalue weighted by atomic mass is 10.1. The van der Waals surface area contributed by atoms with Crippen LogP contribution in [0.15, 0.2) is 30.6 Å². The number of benzene rings is 1. The standard InChI is InChI=1S/C13H9ClFN3/c1-7-3-2-4-8-9(5-16-11(7)8)12-10(15)6-17-13(14)18-12/h2-6,16H,1H3. The molecule has 3 aromatic rings. The van der Waals surface area contributed by atoms with Gasteiger partial charge in [-0.1, -0.05) is 18.2 Å². The van der Waals surface area contributed by atoms with Gasteiger partial charge in [0.25, 0.3) is 0 Å². The lowest BCUT2D eigenvalue weighted by molar-refractivity contribution is 0.618. The first-order valence-corrected chi connectivity index (χ1v) is 5.79. The molecule has 90 valence electrons. The molecule has 2 heterocycles. The molecule has 0 aliphatic carbocycles. The molecule has 0 spiro atoms. The van der Waals surface area contributed by atoms with Gasteiger partial charge < -0.3 is 4.98 Å². The molecule has 0 atom stereocenters. The molecule has 1 N–H and O–H groups in total. The second-order valence-corrected chi connectivity index (χ2v) is 4.37. The number of aromatic nitrogens is 3. The average molecular weight is 262 g/mol. The second kappa shape index (κ2) is 4.07. The molecule has 0 unspecified atom stereocenters. The molecule has 5 heteroatoms. The largest absolute Gasteiger partial charge is 0.360 e. The van der Waals surface area contributed by atoms with Gasteiger partial charge in [-0.3, -0.25) is 0 Å². The Kier molecular flexibility index (Phi) is 2.52. The Morgan fingerprint density at radius 1 is 1.33 bits per heavy atom. The summed E-state index contributed by atoms with van der Waals surface area (Å²) in [6.45, 7) is 1.99. The van der Waals surface area contributed by atoms with Crippen LogP contribution in [0.1, 0.15) is 5.56 Å². The van der Waals surface area contributed by atoms with Crippen molar-refractivity contribution in [3.8, 4) is 11.3 Å². The van der Waals surface area contributed by atoms with E-state index in [9.17, 15) is 4.39 Å². The van der Waals surface area contributed by atoms with E-state index in [4.69, 9.17) is 11.6 Å². The molecule has 0 fully saturated rings. The number of rotatable bonds is 1. The van der Waals surface area contributed by atoms with Crippen molar-refractivity contribution in [1.82, 2.24) is 15.0 Å². The van der Waals surface area contributed by atoms with E-state index in [1.165, 1.54) is 0 Å². The Hall–Kier alpha value is -1.94. The summed E-state index contributed by atoms with van der Waals surface area (Å²) < 4.78 is 13.8. The van der Waals surface area contributed by atoms with Crippen molar-refractivity contribution in [3.05, 3.63) is 47.3 Å². The first-order valence-electron chi connectivity index (χ1n) is 5.42. The monoisotopic (exact) mass is 261 g/mol. The summed E-state index contributed by atoms with van der Waals surface area (Å²) in [7, 11) is 0. The molecule has 0 bridgehead atoms. The van der Waals surface area contributed by atoms with Crippen LogP contribution in [-0.2, 0) is 0 Å². The number of fused-ring (bicyclic) bond motifs is 1. The highest BCUT2D eigenvalue weighted by Crippen LogP contribution is 2.30. The van der Waals surface area contributed by atoms with Crippen molar-refractivity contribution in [2.24, 2.45) is 0 Å². The first kappa shape index (κ1) is 11.2. The maximum absolute atomic E-state index is 13.8. The van der Waals surface area contributed by atoms with Crippen LogP contribution < -0.4 is 0 Å². The Balaban J connectivity index is 2.32. The predicted octanol–water partition coefficient (Wildman–Crippen LogP) is 3.73. The zero-order valence-corrected chi connectivity index (χ0v) is 10.3. The summed E-state index contributed by atoms with van der Waals surface area (Å²) >= 11 is 5.72. The summed E-state index contributed by atoms with van der Waals surface area (Å²) in [6, 6.07) is 5.84. The molecule has 18 heavy (non-hydrogen) atoms. The van der Waals surface area contributed by atoms with Gasteiger partial charge in [0, 0.05) is 22.7 Å². The molecule has 0 saturated heterocycles. The lowest BCUT2D eigenvalue weighted by Gasteiger charge is -2.01. The Bertz CT molecular complexity index is 736. The van der Waals surface area contributed by atoms with E-state index in [-0.39, 0.29) is 11.0 Å². The van der Waals surface area contributed by atoms with E-state index >= 15 is 0 Å². The summed E-state index contributed by atoms with van der Waals surface area (Å²) in [6.07, 6.45) is 2.82. The maximum Gasteiger partial charge on any atom is 0.223 e. The second-order valence-electron chi connectivity index (χ2n) is 4.04. The topological polar surface area (TPSA) is 41.6 Å². The van der Waals surface area contributed by atoms with Crippen LogP contribution in [0.2, 0.25) is 5.28 Å². The number of para-hydroxylation sites is 1. The van der Waals surface area contributed by atoms with E-state index in [1.54, 1.807) is 6.20 Å². The highest BCUT2D eigenvalue weighted by atomic mass is 35.5. The highest BCUT2D eigenvalue weighted by molar-refractivity contribution is 6.28. The van der Waals surface area contributed by atoms with Crippen LogP contribution in [0, 0.1) is 12.7 Å². The number of hydrogen-bond acceptors (Lipinski definition) is 2. The summed E-state index contributed by atoms with van der Waals surface area (Å²) in [5, 5.41) is 0.956. The van der Waals surface area contributed by atoms with Gasteiger partial charge in [0.1, 0.15) is 5.69 Å². The normalized spacial score (nSPS) is 11.1. The minimum absolute atomic E-state index is 0.0356. The third-order valence-electron chi connectivity index (χ3n) is 2.89. The molecule has 0 aliphatic heterocycles. The number of aryl methyl sites for hydroxylation is 1. The molecule has 3 rings (SSSR count). The predicted molar refractivity (Wildman–Crippen MR) is 69.0 cm³/mol. The zero-order chi connectivity index (χ0) is 12.7. The van der Waals surface area contributed by atoms with E-state index in [0.29, 0.717) is 5.56 Å². The van der Waals surface area contributed by atoms with Crippen molar-refractivity contribution in [1.29, 1.82) is 0 Å².